The van der Waals surface area contributed by atoms with Crippen molar-refractivity contribution in [3.63, 3.8) is 0 Å². The van der Waals surface area contributed by atoms with Gasteiger partial charge < -0.3 is 13.9 Å². The van der Waals surface area contributed by atoms with Gasteiger partial charge in [-0.15, -0.1) is 0 Å². The number of non-ortho nitro benzene ring substituents is 1. The first kappa shape index (κ1) is 21.1. The Bertz CT molecular complexity index is 1100. The molecule has 0 unspecified atom stereocenters. The first-order valence-electron chi connectivity index (χ1n) is 8.59. The van der Waals surface area contributed by atoms with Crippen molar-refractivity contribution in [1.29, 1.82) is 0 Å². The standard InChI is InChI=1S/C20H16BrN3O6/c1-28-15-5-8-19(17(21)10-15)29-12-20(25)23-22-11-16-6-7-18(30-16)13-3-2-4-14(9-13)24(26)27/h2-11H,12H2,1H3,(H,23,25)/b22-11-. The Hall–Kier alpha value is -3.66. The highest BCUT2D eigenvalue weighted by molar-refractivity contribution is 9.10. The summed E-state index contributed by atoms with van der Waals surface area (Å²) in [7, 11) is 1.55. The summed E-state index contributed by atoms with van der Waals surface area (Å²) in [5.41, 5.74) is 2.86. The first-order valence-corrected chi connectivity index (χ1v) is 9.38. The molecule has 1 heterocycles. The molecule has 3 rings (SSSR count). The fourth-order valence-electron chi connectivity index (χ4n) is 2.42. The minimum absolute atomic E-state index is 0.0325. The zero-order chi connectivity index (χ0) is 21.5. The molecular weight excluding hydrogens is 458 g/mol. The molecule has 10 heteroatoms. The normalized spacial score (nSPS) is 10.7. The van der Waals surface area contributed by atoms with Gasteiger partial charge in [0.15, 0.2) is 6.61 Å². The van der Waals surface area contributed by atoms with Gasteiger partial charge in [0.25, 0.3) is 11.6 Å². The zero-order valence-corrected chi connectivity index (χ0v) is 17.3. The first-order chi connectivity index (χ1) is 14.5. The maximum absolute atomic E-state index is 11.9. The number of nitro groups is 1. The molecule has 0 radical (unpaired) electrons. The van der Waals surface area contributed by atoms with Gasteiger partial charge >= 0.3 is 0 Å². The minimum Gasteiger partial charge on any atom is -0.497 e. The van der Waals surface area contributed by atoms with Crippen LogP contribution in [0.25, 0.3) is 11.3 Å². The molecule has 0 aliphatic rings. The smallest absolute Gasteiger partial charge is 0.277 e. The lowest BCUT2D eigenvalue weighted by atomic mass is 10.1. The monoisotopic (exact) mass is 473 g/mol. The number of methoxy groups -OCH3 is 1. The van der Waals surface area contributed by atoms with Crippen LogP contribution in [0.1, 0.15) is 5.76 Å². The molecule has 2 aromatic carbocycles. The number of halogens is 1. The second-order valence-electron chi connectivity index (χ2n) is 5.89. The van der Waals surface area contributed by atoms with Crippen LogP contribution in [0.15, 0.2) is 68.6 Å². The van der Waals surface area contributed by atoms with Gasteiger partial charge in [-0.3, -0.25) is 14.9 Å². The van der Waals surface area contributed by atoms with Crippen LogP contribution in [0, 0.1) is 10.1 Å². The van der Waals surface area contributed by atoms with Crippen molar-refractivity contribution in [1.82, 2.24) is 5.43 Å². The number of carbonyl (C=O) groups is 1. The Labute approximate surface area is 179 Å². The third kappa shape index (κ3) is 5.45. The Kier molecular flexibility index (Phi) is 6.81. The number of benzene rings is 2. The molecule has 9 nitrogen and oxygen atoms in total. The van der Waals surface area contributed by atoms with Crippen LogP contribution in [0.4, 0.5) is 5.69 Å². The number of nitrogens with zero attached hydrogens (tertiary/aromatic N) is 2. The maximum Gasteiger partial charge on any atom is 0.277 e. The summed E-state index contributed by atoms with van der Waals surface area (Å²) in [5.74, 6) is 1.50. The highest BCUT2D eigenvalue weighted by atomic mass is 79.9. The molecular formula is C20H16BrN3O6. The van der Waals surface area contributed by atoms with Gasteiger partial charge in [-0.1, -0.05) is 12.1 Å². The summed E-state index contributed by atoms with van der Waals surface area (Å²) in [6.45, 7) is -0.237. The van der Waals surface area contributed by atoms with E-state index in [9.17, 15) is 14.9 Å². The van der Waals surface area contributed by atoms with E-state index < -0.39 is 10.8 Å². The quantitative estimate of drug-likeness (QED) is 0.298. The van der Waals surface area contributed by atoms with Gasteiger partial charge in [-0.05, 0) is 46.3 Å². The number of carbonyl (C=O) groups excluding carboxylic acids is 1. The van der Waals surface area contributed by atoms with Crippen molar-refractivity contribution in [3.05, 3.63) is 74.9 Å². The number of rotatable bonds is 8. The molecule has 0 atom stereocenters. The lowest BCUT2D eigenvalue weighted by molar-refractivity contribution is -0.384. The van der Waals surface area contributed by atoms with Gasteiger partial charge in [0.2, 0.25) is 0 Å². The van der Waals surface area contributed by atoms with E-state index in [0.717, 1.165) is 0 Å². The Morgan fingerprint density at radius 2 is 2.10 bits per heavy atom. The topological polar surface area (TPSA) is 116 Å². The molecule has 0 fully saturated rings. The van der Waals surface area contributed by atoms with Crippen molar-refractivity contribution >= 4 is 33.7 Å². The number of furan rings is 1. The molecule has 1 amide bonds. The third-order valence-electron chi connectivity index (χ3n) is 3.85. The van der Waals surface area contributed by atoms with Crippen molar-refractivity contribution in [3.8, 4) is 22.8 Å². The van der Waals surface area contributed by atoms with Crippen LogP contribution in [-0.2, 0) is 4.79 Å². The third-order valence-corrected chi connectivity index (χ3v) is 4.47. The van der Waals surface area contributed by atoms with E-state index in [1.807, 2.05) is 0 Å². The minimum atomic E-state index is -0.475. The Balaban J connectivity index is 1.54. The fourth-order valence-corrected chi connectivity index (χ4v) is 2.89. The summed E-state index contributed by atoms with van der Waals surface area (Å²) in [4.78, 5) is 22.3. The molecule has 1 aromatic heterocycles. The highest BCUT2D eigenvalue weighted by Gasteiger charge is 2.10. The van der Waals surface area contributed by atoms with E-state index in [4.69, 9.17) is 13.9 Å². The number of nitrogens with one attached hydrogen (secondary N) is 1. The molecule has 0 aliphatic carbocycles. The average molecular weight is 474 g/mol. The molecule has 30 heavy (non-hydrogen) atoms. The van der Waals surface area contributed by atoms with Crippen LogP contribution < -0.4 is 14.9 Å². The van der Waals surface area contributed by atoms with Crippen LogP contribution in [0.3, 0.4) is 0 Å². The molecule has 3 aromatic rings. The maximum atomic E-state index is 11.9. The van der Waals surface area contributed by atoms with Gasteiger partial charge in [0, 0.05) is 17.7 Å². The number of hydrazone groups is 1. The van der Waals surface area contributed by atoms with E-state index in [-0.39, 0.29) is 12.3 Å². The van der Waals surface area contributed by atoms with Gasteiger partial charge in [0.1, 0.15) is 23.0 Å². The largest absolute Gasteiger partial charge is 0.497 e. The SMILES string of the molecule is COc1ccc(OCC(=O)N/N=C\c2ccc(-c3cccc([N+](=O)[O-])c3)o2)c(Br)c1. The molecule has 0 saturated carbocycles. The van der Waals surface area contributed by atoms with E-state index in [1.165, 1.54) is 18.3 Å². The molecule has 1 N–H and O–H groups in total. The summed E-state index contributed by atoms with van der Waals surface area (Å²) < 4.78 is 16.8. The number of hydrogen-bond acceptors (Lipinski definition) is 7. The Morgan fingerprint density at radius 3 is 2.83 bits per heavy atom. The van der Waals surface area contributed by atoms with Crippen molar-refractivity contribution in [2.75, 3.05) is 13.7 Å². The van der Waals surface area contributed by atoms with Gasteiger partial charge in [-0.2, -0.15) is 5.10 Å². The number of ether oxygens (including phenoxy) is 2. The van der Waals surface area contributed by atoms with Gasteiger partial charge in [-0.25, -0.2) is 5.43 Å². The van der Waals surface area contributed by atoms with Crippen molar-refractivity contribution in [2.24, 2.45) is 5.10 Å². The summed E-state index contributed by atoms with van der Waals surface area (Å²) in [6.07, 6.45) is 1.32. The summed E-state index contributed by atoms with van der Waals surface area (Å²) in [5, 5.41) is 14.7. The predicted octanol–water partition coefficient (Wildman–Crippen LogP) is 4.16. The van der Waals surface area contributed by atoms with E-state index >= 15 is 0 Å². The van der Waals surface area contributed by atoms with Crippen LogP contribution in [0.2, 0.25) is 0 Å². The number of hydrogen-bond donors (Lipinski definition) is 1. The van der Waals surface area contributed by atoms with E-state index in [0.29, 0.717) is 33.1 Å². The Morgan fingerprint density at radius 1 is 1.27 bits per heavy atom. The molecule has 154 valence electrons. The molecule has 0 spiro atoms. The lowest BCUT2D eigenvalue weighted by Gasteiger charge is -2.08. The van der Waals surface area contributed by atoms with E-state index in [2.05, 4.69) is 26.5 Å². The van der Waals surface area contributed by atoms with Crippen LogP contribution >= 0.6 is 15.9 Å². The zero-order valence-electron chi connectivity index (χ0n) is 15.7. The lowest BCUT2D eigenvalue weighted by Crippen LogP contribution is -2.24. The second-order valence-corrected chi connectivity index (χ2v) is 6.74. The summed E-state index contributed by atoms with van der Waals surface area (Å²) >= 11 is 3.34. The molecule has 0 aliphatic heterocycles. The fraction of sp³-hybridized carbons (Fsp3) is 0.100. The summed E-state index contributed by atoms with van der Waals surface area (Å²) in [6, 6.07) is 14.5. The average Bonchev–Trinajstić information content (AvgIpc) is 3.22. The van der Waals surface area contributed by atoms with Crippen LogP contribution in [0.5, 0.6) is 11.5 Å². The predicted molar refractivity (Wildman–Crippen MR) is 113 cm³/mol. The van der Waals surface area contributed by atoms with Crippen LogP contribution in [-0.4, -0.2) is 30.8 Å². The number of nitro benzene ring substituents is 1. The van der Waals surface area contributed by atoms with Crippen molar-refractivity contribution in [2.45, 2.75) is 0 Å². The highest BCUT2D eigenvalue weighted by Crippen LogP contribution is 2.29. The number of amides is 1. The molecule has 0 saturated heterocycles. The second kappa shape index (κ2) is 9.70. The van der Waals surface area contributed by atoms with Gasteiger partial charge in [0.05, 0.1) is 22.7 Å². The molecule has 0 bridgehead atoms. The van der Waals surface area contributed by atoms with Crippen molar-refractivity contribution < 1.29 is 23.6 Å². The van der Waals surface area contributed by atoms with E-state index in [1.54, 1.807) is 49.6 Å².